The molecule has 0 atom stereocenters. The Morgan fingerprint density at radius 1 is 1.06 bits per heavy atom. The Kier molecular flexibility index (Phi) is 3.47. The molecule has 0 radical (unpaired) electrons. The molecule has 2 nitrogen and oxygen atoms in total. The maximum absolute atomic E-state index is 13.6. The highest BCUT2D eigenvalue weighted by molar-refractivity contribution is 9.10. The van der Waals surface area contributed by atoms with Crippen molar-refractivity contribution in [3.05, 3.63) is 52.3 Å². The highest BCUT2D eigenvalue weighted by Gasteiger charge is 2.13. The van der Waals surface area contributed by atoms with E-state index in [1.165, 1.54) is 24.3 Å². The van der Waals surface area contributed by atoms with Crippen LogP contribution in [0.2, 0.25) is 0 Å². The number of nitrogens with two attached hydrogens (primary N) is 1. The number of halogens is 4. The standard InChI is InChI=1S/C12H8BrF3N2/c13-7-5-6(14)1-4-10(7)18-12-9(17)3-2-8(15)11(12)16/h1-5,18H,17H2. The number of nitrogens with one attached hydrogen (secondary N) is 1. The van der Waals surface area contributed by atoms with Gasteiger partial charge in [-0.2, -0.15) is 0 Å². The maximum atomic E-state index is 13.6. The van der Waals surface area contributed by atoms with Gasteiger partial charge in [-0.25, -0.2) is 13.2 Å². The van der Waals surface area contributed by atoms with Gasteiger partial charge in [-0.15, -0.1) is 0 Å². The highest BCUT2D eigenvalue weighted by atomic mass is 79.9. The molecule has 0 saturated carbocycles. The normalized spacial score (nSPS) is 10.4. The Morgan fingerprint density at radius 2 is 1.78 bits per heavy atom. The van der Waals surface area contributed by atoms with Crippen LogP contribution < -0.4 is 11.1 Å². The van der Waals surface area contributed by atoms with E-state index in [4.69, 9.17) is 5.73 Å². The van der Waals surface area contributed by atoms with Crippen LogP contribution in [0.4, 0.5) is 30.2 Å². The lowest BCUT2D eigenvalue weighted by atomic mass is 10.2. The van der Waals surface area contributed by atoms with E-state index in [-0.39, 0.29) is 11.4 Å². The number of hydrogen-bond acceptors (Lipinski definition) is 2. The third kappa shape index (κ3) is 2.43. The first kappa shape index (κ1) is 12.8. The van der Waals surface area contributed by atoms with Crippen LogP contribution in [0.25, 0.3) is 0 Å². The molecule has 18 heavy (non-hydrogen) atoms. The Bertz CT molecular complexity index is 602. The summed E-state index contributed by atoms with van der Waals surface area (Å²) in [6.07, 6.45) is 0. The van der Waals surface area contributed by atoms with E-state index < -0.39 is 17.5 Å². The van der Waals surface area contributed by atoms with E-state index in [0.717, 1.165) is 6.07 Å². The van der Waals surface area contributed by atoms with E-state index in [1.807, 2.05) is 0 Å². The summed E-state index contributed by atoms with van der Waals surface area (Å²) in [5.74, 6) is -2.53. The van der Waals surface area contributed by atoms with Crippen molar-refractivity contribution in [2.75, 3.05) is 11.1 Å². The molecule has 2 aromatic rings. The number of hydrogen-bond donors (Lipinski definition) is 2. The van der Waals surface area contributed by atoms with Gasteiger partial charge >= 0.3 is 0 Å². The van der Waals surface area contributed by atoms with Gasteiger partial charge in [0, 0.05) is 4.47 Å². The lowest BCUT2D eigenvalue weighted by molar-refractivity contribution is 0.512. The van der Waals surface area contributed by atoms with Crippen LogP contribution in [0.5, 0.6) is 0 Å². The van der Waals surface area contributed by atoms with Crippen molar-refractivity contribution in [3.8, 4) is 0 Å². The minimum Gasteiger partial charge on any atom is -0.397 e. The molecule has 3 N–H and O–H groups in total. The molecular weight excluding hydrogens is 309 g/mol. The fourth-order valence-electron chi connectivity index (χ4n) is 1.42. The van der Waals surface area contributed by atoms with Crippen LogP contribution in [0.1, 0.15) is 0 Å². The summed E-state index contributed by atoms with van der Waals surface area (Å²) < 4.78 is 39.9. The molecule has 0 fully saturated rings. The van der Waals surface area contributed by atoms with Crippen molar-refractivity contribution in [2.45, 2.75) is 0 Å². The van der Waals surface area contributed by atoms with Crippen molar-refractivity contribution in [1.29, 1.82) is 0 Å². The van der Waals surface area contributed by atoms with E-state index in [1.54, 1.807) is 0 Å². The third-order valence-corrected chi connectivity index (χ3v) is 2.97. The molecule has 0 aliphatic rings. The average molecular weight is 317 g/mol. The molecule has 0 aliphatic carbocycles. The second-order valence-corrected chi connectivity index (χ2v) is 4.43. The molecule has 94 valence electrons. The van der Waals surface area contributed by atoms with E-state index in [0.29, 0.717) is 10.2 Å². The second-order valence-electron chi connectivity index (χ2n) is 3.57. The molecule has 0 heterocycles. The van der Waals surface area contributed by atoms with E-state index in [2.05, 4.69) is 21.2 Å². The van der Waals surface area contributed by atoms with Gasteiger partial charge in [-0.05, 0) is 46.3 Å². The van der Waals surface area contributed by atoms with Gasteiger partial charge in [0.1, 0.15) is 11.5 Å². The van der Waals surface area contributed by atoms with Crippen LogP contribution >= 0.6 is 15.9 Å². The number of nitrogen functional groups attached to an aromatic ring is 1. The fraction of sp³-hybridized carbons (Fsp3) is 0. The van der Waals surface area contributed by atoms with Crippen molar-refractivity contribution in [3.63, 3.8) is 0 Å². The molecule has 6 heteroatoms. The van der Waals surface area contributed by atoms with E-state index in [9.17, 15) is 13.2 Å². The number of benzene rings is 2. The second kappa shape index (κ2) is 4.89. The molecule has 2 aromatic carbocycles. The largest absolute Gasteiger partial charge is 0.397 e. The summed E-state index contributed by atoms with van der Waals surface area (Å²) in [6.45, 7) is 0. The summed E-state index contributed by atoms with van der Waals surface area (Å²) in [5, 5.41) is 2.62. The summed E-state index contributed by atoms with van der Waals surface area (Å²) in [4.78, 5) is 0. The summed E-state index contributed by atoms with van der Waals surface area (Å²) >= 11 is 3.11. The van der Waals surface area contributed by atoms with Gasteiger partial charge in [0.15, 0.2) is 11.6 Å². The molecule has 0 aromatic heterocycles. The molecule has 0 unspecified atom stereocenters. The van der Waals surface area contributed by atoms with Crippen molar-refractivity contribution < 1.29 is 13.2 Å². The zero-order valence-electron chi connectivity index (χ0n) is 8.98. The number of rotatable bonds is 2. The first-order valence-corrected chi connectivity index (χ1v) is 5.74. The average Bonchev–Trinajstić information content (AvgIpc) is 2.32. The molecule has 0 saturated heterocycles. The van der Waals surface area contributed by atoms with Crippen LogP contribution in [0, 0.1) is 17.5 Å². The van der Waals surface area contributed by atoms with Crippen LogP contribution in [-0.2, 0) is 0 Å². The van der Waals surface area contributed by atoms with Crippen molar-refractivity contribution in [1.82, 2.24) is 0 Å². The first-order valence-electron chi connectivity index (χ1n) is 4.94. The molecule has 0 bridgehead atoms. The zero-order valence-corrected chi connectivity index (χ0v) is 10.6. The predicted molar refractivity (Wildman–Crippen MR) is 68.2 cm³/mol. The van der Waals surface area contributed by atoms with Gasteiger partial charge in [0.25, 0.3) is 0 Å². The van der Waals surface area contributed by atoms with Crippen molar-refractivity contribution in [2.24, 2.45) is 0 Å². The smallest absolute Gasteiger partial charge is 0.184 e. The quantitative estimate of drug-likeness (QED) is 0.815. The minimum atomic E-state index is -1.08. The molecule has 2 rings (SSSR count). The van der Waals surface area contributed by atoms with E-state index >= 15 is 0 Å². The highest BCUT2D eigenvalue weighted by Crippen LogP contribution is 2.31. The topological polar surface area (TPSA) is 38.0 Å². The monoisotopic (exact) mass is 316 g/mol. The Labute approximate surface area is 110 Å². The lowest BCUT2D eigenvalue weighted by Crippen LogP contribution is -2.02. The van der Waals surface area contributed by atoms with Crippen LogP contribution in [-0.4, -0.2) is 0 Å². The van der Waals surface area contributed by atoms with Gasteiger partial charge < -0.3 is 11.1 Å². The SMILES string of the molecule is Nc1ccc(F)c(F)c1Nc1ccc(F)cc1Br. The Hall–Kier alpha value is -1.69. The lowest BCUT2D eigenvalue weighted by Gasteiger charge is -2.12. The summed E-state index contributed by atoms with van der Waals surface area (Å²) in [6, 6.07) is 5.98. The van der Waals surface area contributed by atoms with Crippen LogP contribution in [0.15, 0.2) is 34.8 Å². The van der Waals surface area contributed by atoms with Gasteiger partial charge in [-0.1, -0.05) is 0 Å². The van der Waals surface area contributed by atoms with Gasteiger partial charge in [0.05, 0.1) is 11.4 Å². The van der Waals surface area contributed by atoms with Crippen molar-refractivity contribution >= 4 is 33.0 Å². The maximum Gasteiger partial charge on any atom is 0.184 e. The molecule has 0 aliphatic heterocycles. The fourth-order valence-corrected chi connectivity index (χ4v) is 1.87. The molecule has 0 spiro atoms. The third-order valence-electron chi connectivity index (χ3n) is 2.32. The summed E-state index contributed by atoms with van der Waals surface area (Å²) in [5.41, 5.74) is 5.82. The summed E-state index contributed by atoms with van der Waals surface area (Å²) in [7, 11) is 0. The number of anilines is 3. The first-order chi connectivity index (χ1) is 8.49. The van der Waals surface area contributed by atoms with Gasteiger partial charge in [0.2, 0.25) is 0 Å². The zero-order chi connectivity index (χ0) is 13.3. The molecular formula is C12H8BrF3N2. The van der Waals surface area contributed by atoms with Gasteiger partial charge in [-0.3, -0.25) is 0 Å². The Morgan fingerprint density at radius 3 is 2.44 bits per heavy atom. The Balaban J connectivity index is 2.43. The minimum absolute atomic E-state index is 0.0603. The molecule has 0 amide bonds. The predicted octanol–water partition coefficient (Wildman–Crippen LogP) is 4.19. The van der Waals surface area contributed by atoms with Crippen LogP contribution in [0.3, 0.4) is 0 Å².